The fourth-order valence-electron chi connectivity index (χ4n) is 6.58. The van der Waals surface area contributed by atoms with Gasteiger partial charge in [0.1, 0.15) is 0 Å². The number of aryl methyl sites for hydroxylation is 2. The molecule has 0 atom stereocenters. The summed E-state index contributed by atoms with van der Waals surface area (Å²) in [5, 5.41) is 13.1. The lowest BCUT2D eigenvalue weighted by molar-refractivity contribution is 0.0863. The first-order chi connectivity index (χ1) is 20.0. The highest BCUT2D eigenvalue weighted by molar-refractivity contribution is 5.97. The predicted molar refractivity (Wildman–Crippen MR) is 168 cm³/mol. The number of ether oxygens (including phenoxy) is 1. The molecule has 2 N–H and O–H groups in total. The number of carbonyl (C=O) groups excluding carboxylic acids is 1. The lowest BCUT2D eigenvalue weighted by atomic mass is 9.86. The molecule has 2 amide bonds. The van der Waals surface area contributed by atoms with E-state index < -0.39 is 6.09 Å². The monoisotopic (exact) mass is 576 g/mol. The van der Waals surface area contributed by atoms with E-state index in [9.17, 15) is 14.7 Å². The summed E-state index contributed by atoms with van der Waals surface area (Å²) in [6, 6.07) is 8.45. The molecule has 0 radical (unpaired) electrons. The first-order valence-electron chi connectivity index (χ1n) is 15.4. The first kappa shape index (κ1) is 31.4. The van der Waals surface area contributed by atoms with Gasteiger partial charge < -0.3 is 25.0 Å². The molecule has 0 saturated heterocycles. The van der Waals surface area contributed by atoms with Gasteiger partial charge in [-0.1, -0.05) is 39.0 Å². The van der Waals surface area contributed by atoms with Crippen LogP contribution in [0.25, 0.3) is 0 Å². The van der Waals surface area contributed by atoms with Crippen molar-refractivity contribution in [2.24, 2.45) is 5.41 Å². The molecule has 1 aliphatic heterocycles. The molecule has 2 aliphatic rings. The SMILES string of the molecule is CCN(c1cccc2c1CC=CCCc1cc(C)nc(OC)c1CNC2=O)C1CCC(N(CC(C)(C)C)C(=O)O)CC1. The minimum absolute atomic E-state index is 0.0416. The van der Waals surface area contributed by atoms with Gasteiger partial charge in [0.15, 0.2) is 0 Å². The number of nitrogens with zero attached hydrogens (tertiary/aromatic N) is 3. The van der Waals surface area contributed by atoms with Gasteiger partial charge >= 0.3 is 6.09 Å². The second-order valence-electron chi connectivity index (χ2n) is 12.8. The highest BCUT2D eigenvalue weighted by Crippen LogP contribution is 2.34. The van der Waals surface area contributed by atoms with Crippen molar-refractivity contribution in [3.63, 3.8) is 0 Å². The molecule has 0 bridgehead atoms. The van der Waals surface area contributed by atoms with Gasteiger partial charge in [0, 0.05) is 54.2 Å². The maximum atomic E-state index is 13.7. The summed E-state index contributed by atoms with van der Waals surface area (Å²) in [5.74, 6) is 0.463. The summed E-state index contributed by atoms with van der Waals surface area (Å²) in [7, 11) is 1.62. The fraction of sp³-hybridized carbons (Fsp3) is 0.559. The molecule has 1 fully saturated rings. The van der Waals surface area contributed by atoms with Crippen LogP contribution in [0, 0.1) is 12.3 Å². The number of carboxylic acid groups (broad SMARTS) is 1. The summed E-state index contributed by atoms with van der Waals surface area (Å²) in [4.78, 5) is 34.4. The zero-order chi connectivity index (χ0) is 30.4. The number of hydrogen-bond donors (Lipinski definition) is 2. The molecule has 1 aromatic carbocycles. The summed E-state index contributed by atoms with van der Waals surface area (Å²) in [5.41, 5.74) is 5.71. The summed E-state index contributed by atoms with van der Waals surface area (Å²) >= 11 is 0. The summed E-state index contributed by atoms with van der Waals surface area (Å²) in [6.45, 7) is 12.1. The topological polar surface area (TPSA) is 95.0 Å². The molecule has 4 rings (SSSR count). The molecule has 8 nitrogen and oxygen atoms in total. The molecule has 2 aromatic rings. The van der Waals surface area contributed by atoms with Crippen LogP contribution in [0.2, 0.25) is 0 Å². The van der Waals surface area contributed by atoms with E-state index in [0.717, 1.165) is 73.1 Å². The maximum Gasteiger partial charge on any atom is 0.407 e. The van der Waals surface area contributed by atoms with Crippen molar-refractivity contribution in [2.45, 2.75) is 98.2 Å². The van der Waals surface area contributed by atoms with Crippen LogP contribution < -0.4 is 15.0 Å². The third-order valence-corrected chi connectivity index (χ3v) is 8.48. The van der Waals surface area contributed by atoms with E-state index in [0.29, 0.717) is 37.0 Å². The highest BCUT2D eigenvalue weighted by atomic mass is 16.5. The van der Waals surface area contributed by atoms with E-state index in [2.05, 4.69) is 67.2 Å². The zero-order valence-corrected chi connectivity index (χ0v) is 26.2. The minimum Gasteiger partial charge on any atom is -0.481 e. The number of rotatable bonds is 6. The van der Waals surface area contributed by atoms with Crippen LogP contribution in [0.4, 0.5) is 10.5 Å². The number of carbonyl (C=O) groups is 2. The van der Waals surface area contributed by atoms with E-state index in [-0.39, 0.29) is 17.4 Å². The molecule has 1 aliphatic carbocycles. The third-order valence-electron chi connectivity index (χ3n) is 8.48. The van der Waals surface area contributed by atoms with Gasteiger partial charge in [0.25, 0.3) is 5.91 Å². The van der Waals surface area contributed by atoms with Crippen LogP contribution >= 0.6 is 0 Å². The minimum atomic E-state index is -0.826. The number of nitrogens with one attached hydrogen (secondary N) is 1. The number of allylic oxidation sites excluding steroid dienone is 2. The Bertz CT molecular complexity index is 1290. The molecule has 8 heteroatoms. The Morgan fingerprint density at radius 3 is 2.48 bits per heavy atom. The molecule has 42 heavy (non-hydrogen) atoms. The Hall–Kier alpha value is -3.55. The number of methoxy groups -OCH3 is 1. The largest absolute Gasteiger partial charge is 0.481 e. The number of aromatic nitrogens is 1. The van der Waals surface area contributed by atoms with Crippen LogP contribution in [-0.4, -0.2) is 59.3 Å². The van der Waals surface area contributed by atoms with E-state index in [1.807, 2.05) is 19.1 Å². The Morgan fingerprint density at radius 1 is 1.12 bits per heavy atom. The lowest BCUT2D eigenvalue weighted by Gasteiger charge is -2.42. The molecule has 0 unspecified atom stereocenters. The van der Waals surface area contributed by atoms with Crippen molar-refractivity contribution in [2.75, 3.05) is 25.1 Å². The number of fused-ring (bicyclic) bond motifs is 2. The average molecular weight is 577 g/mol. The number of amides is 2. The second-order valence-corrected chi connectivity index (χ2v) is 12.8. The normalized spacial score (nSPS) is 19.4. The number of hydrogen-bond acceptors (Lipinski definition) is 5. The fourth-order valence-corrected chi connectivity index (χ4v) is 6.58. The van der Waals surface area contributed by atoms with Crippen LogP contribution in [-0.2, 0) is 19.4 Å². The van der Waals surface area contributed by atoms with Crippen LogP contribution in [0.5, 0.6) is 5.88 Å². The lowest BCUT2D eigenvalue weighted by Crippen LogP contribution is -2.48. The van der Waals surface area contributed by atoms with Crippen molar-refractivity contribution < 1.29 is 19.4 Å². The molecule has 0 spiro atoms. The number of benzene rings is 1. The van der Waals surface area contributed by atoms with Gasteiger partial charge in [-0.05, 0) is 93.5 Å². The van der Waals surface area contributed by atoms with Crippen LogP contribution in [0.1, 0.15) is 92.5 Å². The Morgan fingerprint density at radius 2 is 1.83 bits per heavy atom. The number of pyridine rings is 1. The van der Waals surface area contributed by atoms with Crippen molar-refractivity contribution in [3.8, 4) is 5.88 Å². The molecule has 228 valence electrons. The average Bonchev–Trinajstić information content (AvgIpc) is 2.94. The van der Waals surface area contributed by atoms with Crippen molar-refractivity contribution in [1.82, 2.24) is 15.2 Å². The molecular weight excluding hydrogens is 528 g/mol. The van der Waals surface area contributed by atoms with Gasteiger partial charge in [0.2, 0.25) is 5.88 Å². The van der Waals surface area contributed by atoms with Crippen molar-refractivity contribution in [3.05, 3.63) is 64.4 Å². The van der Waals surface area contributed by atoms with E-state index in [4.69, 9.17) is 4.74 Å². The Labute approximate surface area is 251 Å². The quantitative estimate of drug-likeness (QED) is 0.380. The zero-order valence-electron chi connectivity index (χ0n) is 26.2. The highest BCUT2D eigenvalue weighted by Gasteiger charge is 2.33. The van der Waals surface area contributed by atoms with E-state index in [1.54, 1.807) is 12.0 Å². The Kier molecular flexibility index (Phi) is 10.2. The van der Waals surface area contributed by atoms with Gasteiger partial charge in [0.05, 0.1) is 7.11 Å². The van der Waals surface area contributed by atoms with Crippen LogP contribution in [0.3, 0.4) is 0 Å². The molecule has 2 heterocycles. The van der Waals surface area contributed by atoms with Crippen molar-refractivity contribution >= 4 is 17.7 Å². The van der Waals surface area contributed by atoms with Gasteiger partial charge in [-0.2, -0.15) is 0 Å². The maximum absolute atomic E-state index is 13.7. The van der Waals surface area contributed by atoms with Gasteiger partial charge in [-0.15, -0.1) is 0 Å². The smallest absolute Gasteiger partial charge is 0.407 e. The Balaban J connectivity index is 1.58. The standard InChI is InChI=1S/C34H48N4O4/c1-7-37(25-16-18-26(19-17-25)38(33(40)41)22-34(3,4)5)30-15-11-14-28-27(30)13-10-8-9-12-24-20-23(2)36-32(42-6)29(24)21-35-31(28)39/h8,10-11,14-15,20,25-26H,7,9,12-13,16-19,21-22H2,1-6H3,(H,35,39)(H,40,41). The van der Waals surface area contributed by atoms with Crippen LogP contribution in [0.15, 0.2) is 36.4 Å². The van der Waals surface area contributed by atoms with E-state index in [1.165, 1.54) is 0 Å². The van der Waals surface area contributed by atoms with E-state index >= 15 is 0 Å². The van der Waals surface area contributed by atoms with Crippen molar-refractivity contribution in [1.29, 1.82) is 0 Å². The third kappa shape index (κ3) is 7.44. The predicted octanol–water partition coefficient (Wildman–Crippen LogP) is 6.54. The second kappa shape index (κ2) is 13.6. The summed E-state index contributed by atoms with van der Waals surface area (Å²) in [6.07, 6.45) is 9.50. The first-order valence-corrected chi connectivity index (χ1v) is 15.4. The molecular formula is C34H48N4O4. The molecule has 1 aromatic heterocycles. The molecule has 1 saturated carbocycles. The number of anilines is 1. The van der Waals surface area contributed by atoms with Gasteiger partial charge in [-0.25, -0.2) is 9.78 Å². The summed E-state index contributed by atoms with van der Waals surface area (Å²) < 4.78 is 5.59. The van der Waals surface area contributed by atoms with Gasteiger partial charge in [-0.3, -0.25) is 4.79 Å².